The van der Waals surface area contributed by atoms with Gasteiger partial charge in [0.05, 0.1) is 11.7 Å². The molecule has 0 aliphatic carbocycles. The van der Waals surface area contributed by atoms with Crippen molar-refractivity contribution in [2.75, 3.05) is 0 Å². The van der Waals surface area contributed by atoms with E-state index in [-0.39, 0.29) is 12.1 Å². The number of carbonyl (C=O) groups is 1. The maximum absolute atomic E-state index is 12.2. The number of aliphatic hydroxyl groups excluding tert-OH is 1. The minimum Gasteiger partial charge on any atom is -0.489 e. The summed E-state index contributed by atoms with van der Waals surface area (Å²) in [5.41, 5.74) is 1.57. The summed E-state index contributed by atoms with van der Waals surface area (Å²) in [7, 11) is 0. The van der Waals surface area contributed by atoms with Crippen LogP contribution in [0.4, 0.5) is 0 Å². The lowest BCUT2D eigenvalue weighted by Gasteiger charge is -2.17. The van der Waals surface area contributed by atoms with E-state index in [1.54, 1.807) is 24.3 Å². The van der Waals surface area contributed by atoms with Crippen molar-refractivity contribution in [1.82, 2.24) is 0 Å². The number of ether oxygens (including phenoxy) is 2. The first-order valence-electron chi connectivity index (χ1n) is 9.24. The standard InChI is InChI=1S/C22H28O4/c1-3-4-10-20(23)15-17(2)26-22(24)19-11-13-21(14-12-19)25-16-18-8-6-5-7-9-18/h5-9,11-14,17,20,23H,3-4,10,15-16H2,1-2H3/t17-,20+/m0/s1. The molecule has 0 saturated heterocycles. The molecule has 0 aliphatic rings. The molecular formula is C22H28O4. The summed E-state index contributed by atoms with van der Waals surface area (Å²) in [6, 6.07) is 16.8. The molecule has 1 N–H and O–H groups in total. The van der Waals surface area contributed by atoms with Gasteiger partial charge in [0, 0.05) is 6.42 Å². The number of esters is 1. The molecule has 2 aromatic rings. The van der Waals surface area contributed by atoms with Gasteiger partial charge in [0.1, 0.15) is 18.5 Å². The number of benzene rings is 2. The topological polar surface area (TPSA) is 55.8 Å². The summed E-state index contributed by atoms with van der Waals surface area (Å²) < 4.78 is 11.1. The molecule has 2 atom stereocenters. The highest BCUT2D eigenvalue weighted by molar-refractivity contribution is 5.89. The average Bonchev–Trinajstić information content (AvgIpc) is 2.65. The van der Waals surface area contributed by atoms with Gasteiger partial charge in [0.2, 0.25) is 0 Å². The first-order valence-corrected chi connectivity index (χ1v) is 9.24. The van der Waals surface area contributed by atoms with Crippen LogP contribution in [-0.2, 0) is 11.3 Å². The Bertz CT molecular complexity index is 652. The number of unbranched alkanes of at least 4 members (excludes halogenated alkanes) is 1. The van der Waals surface area contributed by atoms with Crippen LogP contribution in [0.15, 0.2) is 54.6 Å². The number of carbonyl (C=O) groups excluding carboxylic acids is 1. The van der Waals surface area contributed by atoms with Crippen molar-refractivity contribution < 1.29 is 19.4 Å². The van der Waals surface area contributed by atoms with E-state index in [0.29, 0.717) is 24.3 Å². The molecule has 0 unspecified atom stereocenters. The lowest BCUT2D eigenvalue weighted by atomic mass is 10.1. The van der Waals surface area contributed by atoms with Crippen LogP contribution in [0.25, 0.3) is 0 Å². The molecule has 4 nitrogen and oxygen atoms in total. The Morgan fingerprint density at radius 1 is 1.08 bits per heavy atom. The molecule has 0 fully saturated rings. The number of hydrogen-bond donors (Lipinski definition) is 1. The van der Waals surface area contributed by atoms with Gasteiger partial charge in [-0.25, -0.2) is 4.79 Å². The molecule has 0 amide bonds. The minimum absolute atomic E-state index is 0.316. The third kappa shape index (κ3) is 6.89. The van der Waals surface area contributed by atoms with E-state index in [1.165, 1.54) is 0 Å². The second kappa shape index (κ2) is 10.6. The lowest BCUT2D eigenvalue weighted by molar-refractivity contribution is 0.0188. The molecule has 2 aromatic carbocycles. The van der Waals surface area contributed by atoms with Crippen molar-refractivity contribution in [3.63, 3.8) is 0 Å². The van der Waals surface area contributed by atoms with E-state index in [0.717, 1.165) is 24.8 Å². The molecule has 140 valence electrons. The van der Waals surface area contributed by atoms with Crippen molar-refractivity contribution in [3.8, 4) is 5.75 Å². The van der Waals surface area contributed by atoms with Crippen molar-refractivity contribution in [2.24, 2.45) is 0 Å². The van der Waals surface area contributed by atoms with Crippen LogP contribution in [0.5, 0.6) is 5.75 Å². The van der Waals surface area contributed by atoms with Crippen molar-refractivity contribution >= 4 is 5.97 Å². The van der Waals surface area contributed by atoms with Gasteiger partial charge in [-0.05, 0) is 43.2 Å². The van der Waals surface area contributed by atoms with E-state index >= 15 is 0 Å². The van der Waals surface area contributed by atoms with Crippen molar-refractivity contribution in [1.29, 1.82) is 0 Å². The van der Waals surface area contributed by atoms with Crippen molar-refractivity contribution in [3.05, 3.63) is 65.7 Å². The Kier molecular flexibility index (Phi) is 8.16. The Hall–Kier alpha value is -2.33. The van der Waals surface area contributed by atoms with Gasteiger partial charge >= 0.3 is 5.97 Å². The summed E-state index contributed by atoms with van der Waals surface area (Å²) in [5.74, 6) is 0.322. The van der Waals surface area contributed by atoms with Crippen LogP contribution in [0.2, 0.25) is 0 Å². The molecule has 26 heavy (non-hydrogen) atoms. The van der Waals surface area contributed by atoms with Crippen LogP contribution >= 0.6 is 0 Å². The molecular weight excluding hydrogens is 328 g/mol. The Morgan fingerprint density at radius 3 is 2.42 bits per heavy atom. The predicted octanol–water partition coefficient (Wildman–Crippen LogP) is 4.75. The van der Waals surface area contributed by atoms with Crippen LogP contribution in [-0.4, -0.2) is 23.3 Å². The van der Waals surface area contributed by atoms with E-state index in [9.17, 15) is 9.90 Å². The largest absolute Gasteiger partial charge is 0.489 e. The summed E-state index contributed by atoms with van der Waals surface area (Å²) >= 11 is 0. The smallest absolute Gasteiger partial charge is 0.338 e. The Balaban J connectivity index is 1.80. The average molecular weight is 356 g/mol. The zero-order chi connectivity index (χ0) is 18.8. The van der Waals surface area contributed by atoms with Gasteiger partial charge in [-0.3, -0.25) is 0 Å². The molecule has 0 aromatic heterocycles. The maximum Gasteiger partial charge on any atom is 0.338 e. The molecule has 4 heteroatoms. The third-order valence-electron chi connectivity index (χ3n) is 4.14. The fourth-order valence-electron chi connectivity index (χ4n) is 2.67. The summed E-state index contributed by atoms with van der Waals surface area (Å²) in [4.78, 5) is 12.2. The molecule has 0 radical (unpaired) electrons. The zero-order valence-electron chi connectivity index (χ0n) is 15.6. The second-order valence-electron chi connectivity index (χ2n) is 6.55. The summed E-state index contributed by atoms with van der Waals surface area (Å²) in [5, 5.41) is 9.92. The second-order valence-corrected chi connectivity index (χ2v) is 6.55. The highest BCUT2D eigenvalue weighted by Gasteiger charge is 2.15. The maximum atomic E-state index is 12.2. The molecule has 0 aliphatic heterocycles. The monoisotopic (exact) mass is 356 g/mol. The highest BCUT2D eigenvalue weighted by Crippen LogP contribution is 2.16. The number of rotatable bonds is 10. The van der Waals surface area contributed by atoms with Crippen LogP contribution < -0.4 is 4.74 Å². The van der Waals surface area contributed by atoms with Crippen LogP contribution in [0.3, 0.4) is 0 Å². The Labute approximate surface area is 155 Å². The zero-order valence-corrected chi connectivity index (χ0v) is 15.6. The van der Waals surface area contributed by atoms with Gasteiger partial charge in [0.25, 0.3) is 0 Å². The number of aliphatic hydroxyl groups is 1. The molecule has 0 spiro atoms. The van der Waals surface area contributed by atoms with Gasteiger partial charge < -0.3 is 14.6 Å². The first kappa shape index (κ1) is 20.0. The van der Waals surface area contributed by atoms with E-state index in [1.807, 2.05) is 37.3 Å². The van der Waals surface area contributed by atoms with Gasteiger partial charge in [-0.2, -0.15) is 0 Å². The fraction of sp³-hybridized carbons (Fsp3) is 0.409. The van der Waals surface area contributed by atoms with E-state index in [4.69, 9.17) is 9.47 Å². The van der Waals surface area contributed by atoms with Gasteiger partial charge in [0.15, 0.2) is 0 Å². The van der Waals surface area contributed by atoms with E-state index < -0.39 is 6.10 Å². The highest BCUT2D eigenvalue weighted by atomic mass is 16.5. The van der Waals surface area contributed by atoms with Gasteiger partial charge in [-0.1, -0.05) is 50.1 Å². The lowest BCUT2D eigenvalue weighted by Crippen LogP contribution is -2.21. The number of hydrogen-bond acceptors (Lipinski definition) is 4. The van der Waals surface area contributed by atoms with Crippen LogP contribution in [0, 0.1) is 0 Å². The molecule has 2 rings (SSSR count). The van der Waals surface area contributed by atoms with Crippen molar-refractivity contribution in [2.45, 2.75) is 58.3 Å². The SMILES string of the molecule is CCCC[C@@H](O)C[C@H](C)OC(=O)c1ccc(OCc2ccccc2)cc1. The van der Waals surface area contributed by atoms with Gasteiger partial charge in [-0.15, -0.1) is 0 Å². The summed E-state index contributed by atoms with van der Waals surface area (Å²) in [6.07, 6.45) is 2.49. The molecule has 0 heterocycles. The minimum atomic E-state index is -0.425. The Morgan fingerprint density at radius 2 is 1.77 bits per heavy atom. The molecule has 0 bridgehead atoms. The van der Waals surface area contributed by atoms with Crippen LogP contribution in [0.1, 0.15) is 55.5 Å². The third-order valence-corrected chi connectivity index (χ3v) is 4.14. The molecule has 0 saturated carbocycles. The predicted molar refractivity (Wildman–Crippen MR) is 102 cm³/mol. The normalized spacial score (nSPS) is 13.0. The summed E-state index contributed by atoms with van der Waals surface area (Å²) in [6.45, 7) is 4.38. The first-order chi connectivity index (χ1) is 12.6. The quantitative estimate of drug-likeness (QED) is 0.624. The van der Waals surface area contributed by atoms with E-state index in [2.05, 4.69) is 6.92 Å². The fourth-order valence-corrected chi connectivity index (χ4v) is 2.67.